The van der Waals surface area contributed by atoms with Gasteiger partial charge < -0.3 is 5.73 Å². The molecule has 0 radical (unpaired) electrons. The maximum Gasteiger partial charge on any atom is 0.263 e. The molecule has 0 fully saturated rings. The highest BCUT2D eigenvalue weighted by atomic mass is 79.9. The molecule has 0 bridgehead atoms. The minimum atomic E-state index is -3.69. The standard InChI is InChI=1S/C12H12BrN3O2S/c1-8-5-10(13)12(11(14)6-8)16-19(17,18)9-3-2-4-15-7-9/h2-7,16H,14H2,1H3. The number of sulfonamides is 1. The Morgan fingerprint density at radius 3 is 2.68 bits per heavy atom. The van der Waals surface area contributed by atoms with E-state index in [2.05, 4.69) is 25.6 Å². The summed E-state index contributed by atoms with van der Waals surface area (Å²) in [6, 6.07) is 6.51. The first-order chi connectivity index (χ1) is 8.90. The number of nitrogens with two attached hydrogens (primary N) is 1. The topological polar surface area (TPSA) is 85.1 Å². The lowest BCUT2D eigenvalue weighted by atomic mass is 10.2. The van der Waals surface area contributed by atoms with Gasteiger partial charge >= 0.3 is 0 Å². The van der Waals surface area contributed by atoms with Crippen LogP contribution in [0.1, 0.15) is 5.56 Å². The molecule has 0 saturated carbocycles. The van der Waals surface area contributed by atoms with Crippen molar-refractivity contribution >= 4 is 37.3 Å². The van der Waals surface area contributed by atoms with Gasteiger partial charge in [-0.1, -0.05) is 0 Å². The van der Waals surface area contributed by atoms with Gasteiger partial charge in [0.25, 0.3) is 10.0 Å². The summed E-state index contributed by atoms with van der Waals surface area (Å²) in [5, 5.41) is 0. The summed E-state index contributed by atoms with van der Waals surface area (Å²) in [5.41, 5.74) is 7.46. The summed E-state index contributed by atoms with van der Waals surface area (Å²) in [4.78, 5) is 3.87. The van der Waals surface area contributed by atoms with E-state index in [0.29, 0.717) is 15.8 Å². The summed E-state index contributed by atoms with van der Waals surface area (Å²) in [6.07, 6.45) is 2.79. The molecule has 3 N–H and O–H groups in total. The van der Waals surface area contributed by atoms with Crippen LogP contribution in [0.3, 0.4) is 0 Å². The Balaban J connectivity index is 2.42. The molecule has 100 valence electrons. The second-order valence-corrected chi connectivity index (χ2v) is 6.54. The van der Waals surface area contributed by atoms with Gasteiger partial charge in [-0.3, -0.25) is 9.71 Å². The molecule has 2 aromatic rings. The largest absolute Gasteiger partial charge is 0.397 e. The molecule has 0 aliphatic rings. The molecule has 0 aliphatic heterocycles. The molecule has 1 aromatic carbocycles. The van der Waals surface area contributed by atoms with Gasteiger partial charge in [-0.05, 0) is 52.7 Å². The van der Waals surface area contributed by atoms with Gasteiger partial charge in [-0.15, -0.1) is 0 Å². The summed E-state index contributed by atoms with van der Waals surface area (Å²) < 4.78 is 27.4. The van der Waals surface area contributed by atoms with Crippen molar-refractivity contribution in [1.82, 2.24) is 4.98 Å². The lowest BCUT2D eigenvalue weighted by Crippen LogP contribution is -2.14. The molecule has 1 aromatic heterocycles. The first-order valence-corrected chi connectivity index (χ1v) is 7.66. The summed E-state index contributed by atoms with van der Waals surface area (Å²) in [5.74, 6) is 0. The van der Waals surface area contributed by atoms with Crippen molar-refractivity contribution in [2.45, 2.75) is 11.8 Å². The molecule has 2 rings (SSSR count). The molecule has 1 heterocycles. The van der Waals surface area contributed by atoms with Crippen LogP contribution in [0.5, 0.6) is 0 Å². The predicted octanol–water partition coefficient (Wildman–Crippen LogP) is 2.54. The molecule has 0 spiro atoms. The fourth-order valence-corrected chi connectivity index (χ4v) is 3.47. The van der Waals surface area contributed by atoms with Gasteiger partial charge in [0.05, 0.1) is 11.4 Å². The third-order valence-corrected chi connectivity index (χ3v) is 4.41. The highest BCUT2D eigenvalue weighted by molar-refractivity contribution is 9.10. The highest BCUT2D eigenvalue weighted by Crippen LogP contribution is 2.31. The maximum atomic E-state index is 12.2. The number of aryl methyl sites for hydroxylation is 1. The minimum absolute atomic E-state index is 0.0851. The first kappa shape index (κ1) is 13.8. The SMILES string of the molecule is Cc1cc(N)c(NS(=O)(=O)c2cccnc2)c(Br)c1. The van der Waals surface area contributed by atoms with Gasteiger partial charge in [0.2, 0.25) is 0 Å². The zero-order valence-corrected chi connectivity index (χ0v) is 12.5. The number of nitrogens with zero attached hydrogens (tertiary/aromatic N) is 1. The molecular weight excluding hydrogens is 330 g/mol. The number of anilines is 2. The molecule has 0 amide bonds. The Bertz CT molecular complexity index is 679. The number of rotatable bonds is 3. The zero-order valence-electron chi connectivity index (χ0n) is 10.1. The number of halogens is 1. The summed E-state index contributed by atoms with van der Waals surface area (Å²) in [6.45, 7) is 1.88. The van der Waals surface area contributed by atoms with E-state index in [4.69, 9.17) is 5.73 Å². The molecule has 19 heavy (non-hydrogen) atoms. The predicted molar refractivity (Wildman–Crippen MR) is 78.3 cm³/mol. The third kappa shape index (κ3) is 3.05. The van der Waals surface area contributed by atoms with Crippen molar-refractivity contribution in [3.8, 4) is 0 Å². The van der Waals surface area contributed by atoms with Crippen LogP contribution < -0.4 is 10.5 Å². The van der Waals surface area contributed by atoms with Crippen LogP contribution in [0.15, 0.2) is 46.0 Å². The van der Waals surface area contributed by atoms with Crippen molar-refractivity contribution in [3.63, 3.8) is 0 Å². The van der Waals surface area contributed by atoms with Crippen LogP contribution in [-0.4, -0.2) is 13.4 Å². The normalized spacial score (nSPS) is 11.3. The molecule has 5 nitrogen and oxygen atoms in total. The van der Waals surface area contributed by atoms with Crippen molar-refractivity contribution in [2.24, 2.45) is 0 Å². The Labute approximate surface area is 120 Å². The Kier molecular flexibility index (Phi) is 3.77. The van der Waals surface area contributed by atoms with Crippen molar-refractivity contribution in [3.05, 3.63) is 46.7 Å². The Morgan fingerprint density at radius 1 is 1.37 bits per heavy atom. The van der Waals surface area contributed by atoms with E-state index in [9.17, 15) is 8.42 Å². The van der Waals surface area contributed by atoms with Gasteiger partial charge in [-0.2, -0.15) is 0 Å². The fraction of sp³-hybridized carbons (Fsp3) is 0.0833. The first-order valence-electron chi connectivity index (χ1n) is 5.38. The van der Waals surface area contributed by atoms with E-state index in [1.54, 1.807) is 18.2 Å². The van der Waals surface area contributed by atoms with Gasteiger partial charge in [-0.25, -0.2) is 8.42 Å². The van der Waals surface area contributed by atoms with Crippen molar-refractivity contribution in [1.29, 1.82) is 0 Å². The fourth-order valence-electron chi connectivity index (χ4n) is 1.58. The average Bonchev–Trinajstić information content (AvgIpc) is 2.35. The maximum absolute atomic E-state index is 12.2. The molecule has 0 aliphatic carbocycles. The molecule has 0 atom stereocenters. The lowest BCUT2D eigenvalue weighted by molar-refractivity contribution is 0.601. The Morgan fingerprint density at radius 2 is 2.11 bits per heavy atom. The number of nitrogen functional groups attached to an aromatic ring is 1. The monoisotopic (exact) mass is 341 g/mol. The van der Waals surface area contributed by atoms with Crippen LogP contribution in [0.4, 0.5) is 11.4 Å². The zero-order chi connectivity index (χ0) is 14.0. The minimum Gasteiger partial charge on any atom is -0.397 e. The smallest absolute Gasteiger partial charge is 0.263 e. The number of hydrogen-bond donors (Lipinski definition) is 2. The second kappa shape index (κ2) is 5.18. The number of pyridine rings is 1. The number of benzene rings is 1. The second-order valence-electron chi connectivity index (χ2n) is 4.01. The average molecular weight is 342 g/mol. The van der Waals surface area contributed by atoms with Crippen LogP contribution in [-0.2, 0) is 10.0 Å². The lowest BCUT2D eigenvalue weighted by Gasteiger charge is -2.12. The van der Waals surface area contributed by atoms with Gasteiger partial charge in [0, 0.05) is 16.9 Å². The Hall–Kier alpha value is -1.60. The molecule has 0 unspecified atom stereocenters. The van der Waals surface area contributed by atoms with E-state index in [1.807, 2.05) is 6.92 Å². The summed E-state index contributed by atoms with van der Waals surface area (Å²) >= 11 is 3.30. The van der Waals surface area contributed by atoms with Crippen molar-refractivity contribution < 1.29 is 8.42 Å². The highest BCUT2D eigenvalue weighted by Gasteiger charge is 2.17. The van der Waals surface area contributed by atoms with Gasteiger partial charge in [0.1, 0.15) is 4.90 Å². The quantitative estimate of drug-likeness (QED) is 0.840. The van der Waals surface area contributed by atoms with Crippen molar-refractivity contribution in [2.75, 3.05) is 10.5 Å². The van der Waals surface area contributed by atoms with Crippen LogP contribution in [0.25, 0.3) is 0 Å². The summed E-state index contributed by atoms with van der Waals surface area (Å²) in [7, 11) is -3.69. The van der Waals surface area contributed by atoms with E-state index in [0.717, 1.165) is 5.56 Å². The van der Waals surface area contributed by atoms with E-state index >= 15 is 0 Å². The molecule has 7 heteroatoms. The van der Waals surface area contributed by atoms with E-state index in [-0.39, 0.29) is 4.90 Å². The third-order valence-electron chi connectivity index (χ3n) is 2.45. The van der Waals surface area contributed by atoms with E-state index in [1.165, 1.54) is 18.5 Å². The van der Waals surface area contributed by atoms with Crippen LogP contribution in [0.2, 0.25) is 0 Å². The number of nitrogens with one attached hydrogen (secondary N) is 1. The van der Waals surface area contributed by atoms with E-state index < -0.39 is 10.0 Å². The van der Waals surface area contributed by atoms with Crippen LogP contribution in [0, 0.1) is 6.92 Å². The molecular formula is C12H12BrN3O2S. The van der Waals surface area contributed by atoms with Gasteiger partial charge in [0.15, 0.2) is 0 Å². The van der Waals surface area contributed by atoms with Crippen LogP contribution >= 0.6 is 15.9 Å². The molecule has 0 saturated heterocycles. The number of aromatic nitrogens is 1. The number of hydrogen-bond acceptors (Lipinski definition) is 4.